The number of carbonyl (C=O) groups is 1. The summed E-state index contributed by atoms with van der Waals surface area (Å²) < 4.78 is 34.1. The number of ether oxygens (including phenoxy) is 1. The second-order valence-electron chi connectivity index (χ2n) is 8.83. The quantitative estimate of drug-likeness (QED) is 0.362. The summed E-state index contributed by atoms with van der Waals surface area (Å²) in [6.07, 6.45) is 8.40. The van der Waals surface area contributed by atoms with Crippen molar-refractivity contribution in [2.75, 3.05) is 13.7 Å². The molecular formula is C27H31F2N3O2S. The van der Waals surface area contributed by atoms with E-state index < -0.39 is 22.6 Å². The number of rotatable bonds is 9. The molecule has 0 aromatic heterocycles. The third kappa shape index (κ3) is 5.66. The van der Waals surface area contributed by atoms with E-state index in [1.807, 2.05) is 30.3 Å². The first-order chi connectivity index (χ1) is 16.9. The third-order valence-corrected chi connectivity index (χ3v) is 7.89. The van der Waals surface area contributed by atoms with Crippen LogP contribution in [0, 0.1) is 11.6 Å². The molecule has 1 aliphatic heterocycles. The number of nitrogens with one attached hydrogen (secondary N) is 1. The van der Waals surface area contributed by atoms with Gasteiger partial charge >= 0.3 is 0 Å². The average Bonchev–Trinajstić information content (AvgIpc) is 3.28. The summed E-state index contributed by atoms with van der Waals surface area (Å²) in [7, 11) is 1.47. The predicted octanol–water partition coefficient (Wildman–Crippen LogP) is 5.57. The summed E-state index contributed by atoms with van der Waals surface area (Å²) in [6, 6.07) is 13.3. The number of thioether (sulfide) groups is 1. The number of allylic oxidation sites excluding steroid dienone is 1. The summed E-state index contributed by atoms with van der Waals surface area (Å²) in [5.41, 5.74) is 0.913. The van der Waals surface area contributed by atoms with Crippen molar-refractivity contribution in [3.63, 3.8) is 0 Å². The highest BCUT2D eigenvalue weighted by molar-refractivity contribution is 8.15. The second-order valence-corrected chi connectivity index (χ2v) is 10.1. The molecule has 0 fully saturated rings. The highest BCUT2D eigenvalue weighted by Gasteiger charge is 2.49. The Bertz CT molecular complexity index is 1100. The van der Waals surface area contributed by atoms with Gasteiger partial charge in [0.2, 0.25) is 0 Å². The molecule has 0 saturated heterocycles. The molecule has 1 N–H and O–H groups in total. The fourth-order valence-electron chi connectivity index (χ4n) is 4.44. The van der Waals surface area contributed by atoms with Crippen LogP contribution < -0.4 is 5.32 Å². The Kier molecular flexibility index (Phi) is 8.36. The van der Waals surface area contributed by atoms with Gasteiger partial charge in [0.25, 0.3) is 5.91 Å². The van der Waals surface area contributed by atoms with Crippen LogP contribution in [0.25, 0.3) is 0 Å². The Labute approximate surface area is 209 Å². The Morgan fingerprint density at radius 1 is 1.29 bits per heavy atom. The summed E-state index contributed by atoms with van der Waals surface area (Å²) in [5.74, 6) is -1.48. The normalized spacial score (nSPS) is 22.8. The molecule has 8 heteroatoms. The molecule has 2 unspecified atom stereocenters. The molecule has 0 spiro atoms. The van der Waals surface area contributed by atoms with E-state index in [0.717, 1.165) is 49.6 Å². The molecule has 0 saturated carbocycles. The van der Waals surface area contributed by atoms with Crippen LogP contribution in [-0.2, 0) is 14.4 Å². The molecule has 2 aliphatic rings. The van der Waals surface area contributed by atoms with E-state index in [9.17, 15) is 13.6 Å². The van der Waals surface area contributed by atoms with Crippen molar-refractivity contribution >= 4 is 22.7 Å². The minimum absolute atomic E-state index is 0.0427. The van der Waals surface area contributed by atoms with Crippen molar-refractivity contribution in [3.05, 3.63) is 83.4 Å². The van der Waals surface area contributed by atoms with Gasteiger partial charge in [-0.05, 0) is 69.3 Å². The largest absolute Gasteiger partial charge is 0.372 e. The number of methoxy groups -OCH3 is 1. The topological polar surface area (TPSA) is 53.9 Å². The van der Waals surface area contributed by atoms with E-state index in [0.29, 0.717) is 12.5 Å². The van der Waals surface area contributed by atoms with Crippen LogP contribution in [0.5, 0.6) is 0 Å². The number of nitrogens with zero attached hydrogens (tertiary/aromatic N) is 2. The lowest BCUT2D eigenvalue weighted by Crippen LogP contribution is -2.46. The molecule has 2 aromatic rings. The molecule has 186 valence electrons. The van der Waals surface area contributed by atoms with Crippen LogP contribution in [0.2, 0.25) is 0 Å². The number of amides is 1. The zero-order valence-corrected chi connectivity index (χ0v) is 20.9. The van der Waals surface area contributed by atoms with Gasteiger partial charge in [-0.25, -0.2) is 13.8 Å². The SMILES string of the molecule is CO[C@@H](C)C(=O)N1N=C(c2cc(F)ccc2F)SC1(CCCNC1C=CCCC1)c1ccccc1. The molecule has 1 aliphatic carbocycles. The van der Waals surface area contributed by atoms with Crippen molar-refractivity contribution < 1.29 is 18.3 Å². The van der Waals surface area contributed by atoms with Gasteiger partial charge in [-0.1, -0.05) is 54.2 Å². The molecule has 2 aromatic carbocycles. The molecule has 35 heavy (non-hydrogen) atoms. The van der Waals surface area contributed by atoms with E-state index in [1.54, 1.807) is 6.92 Å². The van der Waals surface area contributed by atoms with E-state index in [1.165, 1.54) is 30.3 Å². The van der Waals surface area contributed by atoms with Crippen molar-refractivity contribution in [2.45, 2.75) is 56.0 Å². The van der Waals surface area contributed by atoms with Gasteiger partial charge < -0.3 is 10.1 Å². The smallest absolute Gasteiger partial charge is 0.273 e. The predicted molar refractivity (Wildman–Crippen MR) is 136 cm³/mol. The Morgan fingerprint density at radius 3 is 2.80 bits per heavy atom. The fraction of sp³-hybridized carbons (Fsp3) is 0.407. The van der Waals surface area contributed by atoms with Crippen molar-refractivity contribution in [1.29, 1.82) is 0 Å². The van der Waals surface area contributed by atoms with Crippen molar-refractivity contribution in [2.24, 2.45) is 5.10 Å². The summed E-state index contributed by atoms with van der Waals surface area (Å²) in [5, 5.41) is 9.84. The Morgan fingerprint density at radius 2 is 2.09 bits per heavy atom. The van der Waals surface area contributed by atoms with Gasteiger partial charge in [0, 0.05) is 18.7 Å². The maximum Gasteiger partial charge on any atom is 0.273 e. The van der Waals surface area contributed by atoms with E-state index in [2.05, 4.69) is 22.6 Å². The van der Waals surface area contributed by atoms with Gasteiger partial charge in [0.15, 0.2) is 0 Å². The van der Waals surface area contributed by atoms with Crippen LogP contribution in [0.4, 0.5) is 8.78 Å². The van der Waals surface area contributed by atoms with Gasteiger partial charge in [-0.3, -0.25) is 4.79 Å². The summed E-state index contributed by atoms with van der Waals surface area (Å²) >= 11 is 1.29. The Balaban J connectivity index is 1.67. The molecule has 4 rings (SSSR count). The van der Waals surface area contributed by atoms with E-state index in [4.69, 9.17) is 4.74 Å². The number of hydrogen-bond donors (Lipinski definition) is 1. The van der Waals surface area contributed by atoms with Crippen LogP contribution in [0.3, 0.4) is 0 Å². The molecule has 1 heterocycles. The highest BCUT2D eigenvalue weighted by atomic mass is 32.2. The molecular weight excluding hydrogens is 468 g/mol. The summed E-state index contributed by atoms with van der Waals surface area (Å²) in [4.78, 5) is 12.5. The van der Waals surface area contributed by atoms with Gasteiger partial charge in [-0.15, -0.1) is 0 Å². The first-order valence-corrected chi connectivity index (χ1v) is 12.8. The number of hydrazone groups is 1. The number of carbonyl (C=O) groups excluding carboxylic acids is 1. The number of halogens is 2. The maximum atomic E-state index is 14.7. The van der Waals surface area contributed by atoms with Crippen LogP contribution in [0.15, 0.2) is 65.8 Å². The van der Waals surface area contributed by atoms with Crippen molar-refractivity contribution in [3.8, 4) is 0 Å². The first-order valence-electron chi connectivity index (χ1n) is 12.0. The lowest BCUT2D eigenvalue weighted by atomic mass is 9.99. The molecule has 0 radical (unpaired) electrons. The zero-order chi connectivity index (χ0) is 24.8. The van der Waals surface area contributed by atoms with Gasteiger partial charge in [0.1, 0.15) is 27.7 Å². The lowest BCUT2D eigenvalue weighted by molar-refractivity contribution is -0.144. The van der Waals surface area contributed by atoms with Crippen LogP contribution in [-0.4, -0.2) is 41.8 Å². The Hall–Kier alpha value is -2.55. The third-order valence-electron chi connectivity index (χ3n) is 6.45. The molecule has 3 atom stereocenters. The second kappa shape index (κ2) is 11.5. The summed E-state index contributed by atoms with van der Waals surface area (Å²) in [6.45, 7) is 2.42. The van der Waals surface area contributed by atoms with Gasteiger partial charge in [0.05, 0.1) is 0 Å². The van der Waals surface area contributed by atoms with Crippen LogP contribution >= 0.6 is 11.8 Å². The number of benzene rings is 2. The van der Waals surface area contributed by atoms with E-state index >= 15 is 0 Å². The standard InChI is InChI=1S/C27H31F2N3O2S/c1-19(34-2)26(33)32-27(20-10-5-3-6-11-20,16-9-17-30-22-12-7-4-8-13-22)35-25(31-32)23-18-21(28)14-15-24(23)29/h3,5-7,10-12,14-15,18-19,22,30H,4,8-9,13,16-17H2,1-2H3/t19-,22?,27?/m0/s1. The average molecular weight is 500 g/mol. The molecule has 0 bridgehead atoms. The molecule has 5 nitrogen and oxygen atoms in total. The maximum absolute atomic E-state index is 14.7. The lowest BCUT2D eigenvalue weighted by Gasteiger charge is -2.37. The zero-order valence-electron chi connectivity index (χ0n) is 20.0. The molecule has 1 amide bonds. The van der Waals surface area contributed by atoms with Crippen LogP contribution in [0.1, 0.15) is 50.2 Å². The first kappa shape index (κ1) is 25.5. The van der Waals surface area contributed by atoms with Crippen molar-refractivity contribution in [1.82, 2.24) is 10.3 Å². The monoisotopic (exact) mass is 499 g/mol. The highest BCUT2D eigenvalue weighted by Crippen LogP contribution is 2.50. The van der Waals surface area contributed by atoms with E-state index in [-0.39, 0.29) is 16.5 Å². The minimum atomic E-state index is -0.913. The number of hydrogen-bond acceptors (Lipinski definition) is 5. The fourth-order valence-corrected chi connectivity index (χ4v) is 5.87. The minimum Gasteiger partial charge on any atom is -0.372 e. The van der Waals surface area contributed by atoms with Gasteiger partial charge in [-0.2, -0.15) is 5.10 Å².